The first-order chi connectivity index (χ1) is 7.11. The molecule has 0 aliphatic rings. The Balaban J connectivity index is 2.89. The number of aliphatic imine (C=N–C) groups is 1. The monoisotopic (exact) mass is 208 g/mol. The van der Waals surface area contributed by atoms with Crippen molar-refractivity contribution in [3.05, 3.63) is 39.9 Å². The molecule has 0 aliphatic carbocycles. The van der Waals surface area contributed by atoms with E-state index in [-0.39, 0.29) is 5.69 Å². The molecule has 0 aliphatic heterocycles. The summed E-state index contributed by atoms with van der Waals surface area (Å²) in [4.78, 5) is 23.7. The Labute approximate surface area is 85.0 Å². The first-order valence-corrected chi connectivity index (χ1v) is 4.06. The molecule has 0 radical (unpaired) electrons. The van der Waals surface area contributed by atoms with Gasteiger partial charge in [-0.05, 0) is 6.07 Å². The van der Waals surface area contributed by atoms with Crippen LogP contribution in [0.1, 0.15) is 5.56 Å². The van der Waals surface area contributed by atoms with Crippen molar-refractivity contribution in [3.63, 3.8) is 0 Å². The molecule has 0 atom stereocenters. The first kappa shape index (κ1) is 10.8. The maximum atomic E-state index is 10.5. The molecule has 6 nitrogen and oxygen atoms in total. The second-order valence-corrected chi connectivity index (χ2v) is 2.68. The van der Waals surface area contributed by atoms with Crippen LogP contribution in [0.5, 0.6) is 0 Å². The zero-order valence-corrected chi connectivity index (χ0v) is 7.66. The van der Waals surface area contributed by atoms with Crippen molar-refractivity contribution in [1.82, 2.24) is 0 Å². The Bertz CT molecular complexity index is 414. The lowest BCUT2D eigenvalue weighted by Crippen LogP contribution is -2.00. The first-order valence-electron chi connectivity index (χ1n) is 4.06. The molecular weight excluding hydrogens is 200 g/mol. The molecule has 6 heteroatoms. The van der Waals surface area contributed by atoms with Crippen LogP contribution in [0.2, 0.25) is 0 Å². The van der Waals surface area contributed by atoms with Crippen LogP contribution in [0.15, 0.2) is 29.3 Å². The maximum Gasteiger partial charge on any atom is 0.325 e. The van der Waals surface area contributed by atoms with E-state index in [9.17, 15) is 14.9 Å². The van der Waals surface area contributed by atoms with Crippen LogP contribution in [0.4, 0.5) is 5.69 Å². The number of para-hydroxylation sites is 1. The largest absolute Gasteiger partial charge is 0.480 e. The number of nitro benzene ring substituents is 1. The van der Waals surface area contributed by atoms with Crippen LogP contribution < -0.4 is 0 Å². The van der Waals surface area contributed by atoms with Gasteiger partial charge < -0.3 is 5.11 Å². The van der Waals surface area contributed by atoms with E-state index in [1.807, 2.05) is 0 Å². The number of hydrogen-bond acceptors (Lipinski definition) is 4. The average Bonchev–Trinajstić information content (AvgIpc) is 2.17. The third kappa shape index (κ3) is 3.18. The molecule has 1 N–H and O–H groups in total. The highest BCUT2D eigenvalue weighted by atomic mass is 16.6. The summed E-state index contributed by atoms with van der Waals surface area (Å²) in [5.74, 6) is -1.08. The summed E-state index contributed by atoms with van der Waals surface area (Å²) < 4.78 is 0. The lowest BCUT2D eigenvalue weighted by atomic mass is 10.2. The van der Waals surface area contributed by atoms with Gasteiger partial charge in [0.25, 0.3) is 5.69 Å². The second-order valence-electron chi connectivity index (χ2n) is 2.68. The SMILES string of the molecule is O=C(O)CN=Cc1ccccc1[N+](=O)[O-]. The molecule has 78 valence electrons. The fourth-order valence-electron chi connectivity index (χ4n) is 0.985. The molecule has 1 aromatic rings. The summed E-state index contributed by atoms with van der Waals surface area (Å²) in [6, 6.07) is 5.99. The molecule has 0 saturated carbocycles. The smallest absolute Gasteiger partial charge is 0.325 e. The number of carbonyl (C=O) groups is 1. The number of nitrogens with zero attached hydrogens (tertiary/aromatic N) is 2. The molecular formula is C9H8N2O4. The Kier molecular flexibility index (Phi) is 3.50. The average molecular weight is 208 g/mol. The van der Waals surface area contributed by atoms with Crippen molar-refractivity contribution in [2.24, 2.45) is 4.99 Å². The molecule has 1 aromatic carbocycles. The standard InChI is InChI=1S/C9H8N2O4/c12-9(13)6-10-5-7-3-1-2-4-8(7)11(14)15/h1-5H,6H2,(H,12,13). The van der Waals surface area contributed by atoms with Gasteiger partial charge in [-0.3, -0.25) is 19.9 Å². The van der Waals surface area contributed by atoms with Crippen molar-refractivity contribution in [1.29, 1.82) is 0 Å². The predicted molar refractivity (Wildman–Crippen MR) is 53.2 cm³/mol. The van der Waals surface area contributed by atoms with Crippen molar-refractivity contribution in [2.45, 2.75) is 0 Å². The highest BCUT2D eigenvalue weighted by Crippen LogP contribution is 2.14. The van der Waals surface area contributed by atoms with Gasteiger partial charge in [-0.2, -0.15) is 0 Å². The number of nitro groups is 1. The Morgan fingerprint density at radius 2 is 2.20 bits per heavy atom. The molecule has 0 heterocycles. The van der Waals surface area contributed by atoms with Gasteiger partial charge in [0.15, 0.2) is 0 Å². The van der Waals surface area contributed by atoms with Gasteiger partial charge in [-0.1, -0.05) is 12.1 Å². The summed E-state index contributed by atoms with van der Waals surface area (Å²) in [6.07, 6.45) is 1.19. The Morgan fingerprint density at radius 1 is 1.53 bits per heavy atom. The molecule has 0 spiro atoms. The van der Waals surface area contributed by atoms with Crippen molar-refractivity contribution in [2.75, 3.05) is 6.54 Å². The molecule has 0 aromatic heterocycles. The molecule has 0 saturated heterocycles. The Morgan fingerprint density at radius 3 is 2.80 bits per heavy atom. The minimum absolute atomic E-state index is 0.0911. The third-order valence-corrected chi connectivity index (χ3v) is 1.59. The number of carboxylic acid groups (broad SMARTS) is 1. The fourth-order valence-corrected chi connectivity index (χ4v) is 0.985. The Hall–Kier alpha value is -2.24. The number of benzene rings is 1. The molecule has 0 amide bonds. The zero-order chi connectivity index (χ0) is 11.3. The van der Waals surface area contributed by atoms with Crippen molar-refractivity contribution < 1.29 is 14.8 Å². The van der Waals surface area contributed by atoms with Gasteiger partial charge in [-0.25, -0.2) is 0 Å². The summed E-state index contributed by atoms with van der Waals surface area (Å²) >= 11 is 0. The normalized spacial score (nSPS) is 10.4. The molecule has 1 rings (SSSR count). The highest BCUT2D eigenvalue weighted by molar-refractivity contribution is 5.86. The van der Waals surface area contributed by atoms with Crippen LogP contribution in [-0.4, -0.2) is 28.8 Å². The molecule has 0 fully saturated rings. The molecule has 0 bridgehead atoms. The number of rotatable bonds is 4. The predicted octanol–water partition coefficient (Wildman–Crippen LogP) is 1.10. The minimum Gasteiger partial charge on any atom is -0.480 e. The third-order valence-electron chi connectivity index (χ3n) is 1.59. The minimum atomic E-state index is -1.08. The van der Waals surface area contributed by atoms with E-state index in [2.05, 4.69) is 4.99 Å². The summed E-state index contributed by atoms with van der Waals surface area (Å²) in [5.41, 5.74) is 0.204. The van der Waals surface area contributed by atoms with Gasteiger partial charge in [0.05, 0.1) is 10.5 Å². The number of hydrogen-bond donors (Lipinski definition) is 1. The van der Waals surface area contributed by atoms with Gasteiger partial charge in [0.2, 0.25) is 0 Å². The highest BCUT2D eigenvalue weighted by Gasteiger charge is 2.09. The van der Waals surface area contributed by atoms with Crippen molar-refractivity contribution >= 4 is 17.9 Å². The zero-order valence-electron chi connectivity index (χ0n) is 7.66. The van der Waals surface area contributed by atoms with Crippen LogP contribution in [0.3, 0.4) is 0 Å². The number of carboxylic acids is 1. The lowest BCUT2D eigenvalue weighted by Gasteiger charge is -1.95. The quantitative estimate of drug-likeness (QED) is 0.455. The van der Waals surface area contributed by atoms with Gasteiger partial charge in [-0.15, -0.1) is 0 Å². The molecule has 15 heavy (non-hydrogen) atoms. The number of aliphatic carboxylic acids is 1. The van der Waals surface area contributed by atoms with E-state index in [0.29, 0.717) is 5.56 Å². The lowest BCUT2D eigenvalue weighted by molar-refractivity contribution is -0.385. The second kappa shape index (κ2) is 4.85. The van der Waals surface area contributed by atoms with E-state index in [1.165, 1.54) is 24.4 Å². The van der Waals surface area contributed by atoms with E-state index >= 15 is 0 Å². The maximum absolute atomic E-state index is 10.5. The topological polar surface area (TPSA) is 92.8 Å². The van der Waals surface area contributed by atoms with Crippen LogP contribution >= 0.6 is 0 Å². The summed E-state index contributed by atoms with van der Waals surface area (Å²) in [6.45, 7) is -0.397. The van der Waals surface area contributed by atoms with Gasteiger partial charge in [0, 0.05) is 12.3 Å². The van der Waals surface area contributed by atoms with E-state index in [1.54, 1.807) is 6.07 Å². The summed E-state index contributed by atoms with van der Waals surface area (Å²) in [5, 5.41) is 18.9. The van der Waals surface area contributed by atoms with E-state index < -0.39 is 17.4 Å². The van der Waals surface area contributed by atoms with Gasteiger partial charge in [0.1, 0.15) is 6.54 Å². The van der Waals surface area contributed by atoms with E-state index in [4.69, 9.17) is 5.11 Å². The van der Waals surface area contributed by atoms with Crippen LogP contribution in [0, 0.1) is 10.1 Å². The fraction of sp³-hybridized carbons (Fsp3) is 0.111. The van der Waals surface area contributed by atoms with E-state index in [0.717, 1.165) is 0 Å². The van der Waals surface area contributed by atoms with Gasteiger partial charge >= 0.3 is 5.97 Å². The van der Waals surface area contributed by atoms with Crippen LogP contribution in [0.25, 0.3) is 0 Å². The van der Waals surface area contributed by atoms with Crippen LogP contribution in [-0.2, 0) is 4.79 Å². The summed E-state index contributed by atoms with van der Waals surface area (Å²) in [7, 11) is 0. The molecule has 0 unspecified atom stereocenters. The van der Waals surface area contributed by atoms with Crippen molar-refractivity contribution in [3.8, 4) is 0 Å².